The highest BCUT2D eigenvalue weighted by Gasteiger charge is 2.20. The molecule has 0 radical (unpaired) electrons. The average Bonchev–Trinajstić information content (AvgIpc) is 2.26. The van der Waals surface area contributed by atoms with Gasteiger partial charge in [0.1, 0.15) is 11.4 Å². The Hall–Kier alpha value is -1.97. The van der Waals surface area contributed by atoms with Crippen LogP contribution in [0.25, 0.3) is 5.76 Å². The van der Waals surface area contributed by atoms with Gasteiger partial charge in [-0.05, 0) is 45.0 Å². The number of rotatable bonds is 2. The zero-order valence-corrected chi connectivity index (χ0v) is 11.2. The van der Waals surface area contributed by atoms with E-state index in [4.69, 9.17) is 4.74 Å². The van der Waals surface area contributed by atoms with Crippen molar-refractivity contribution in [1.82, 2.24) is 0 Å². The van der Waals surface area contributed by atoms with Crippen LogP contribution in [0.2, 0.25) is 0 Å². The van der Waals surface area contributed by atoms with Gasteiger partial charge in [-0.1, -0.05) is 6.58 Å². The maximum atomic E-state index is 11.8. The zero-order chi connectivity index (χ0) is 13.9. The summed E-state index contributed by atoms with van der Waals surface area (Å²) >= 11 is 0. The first-order chi connectivity index (χ1) is 8.20. The van der Waals surface area contributed by atoms with Gasteiger partial charge in [0.2, 0.25) is 0 Å². The minimum atomic E-state index is -0.523. The number of amides is 1. The largest absolute Gasteiger partial charge is 0.508 e. The van der Waals surface area contributed by atoms with Crippen LogP contribution in [0.1, 0.15) is 26.3 Å². The van der Waals surface area contributed by atoms with E-state index >= 15 is 0 Å². The maximum absolute atomic E-state index is 11.8. The highest BCUT2D eigenvalue weighted by molar-refractivity contribution is 5.87. The van der Waals surface area contributed by atoms with E-state index < -0.39 is 11.7 Å². The standard InChI is InChI=1S/C14H19NO3/c1-10(16)11-6-8-12(9-7-11)15(5)13(17)18-14(2,3)4/h6-9,16H,1H2,2-5H3. The van der Waals surface area contributed by atoms with E-state index in [1.807, 2.05) is 20.8 Å². The van der Waals surface area contributed by atoms with Gasteiger partial charge in [0.15, 0.2) is 0 Å². The lowest BCUT2D eigenvalue weighted by Gasteiger charge is -2.24. The second-order valence-corrected chi connectivity index (χ2v) is 5.03. The molecule has 18 heavy (non-hydrogen) atoms. The van der Waals surface area contributed by atoms with Crippen molar-refractivity contribution in [3.63, 3.8) is 0 Å². The van der Waals surface area contributed by atoms with E-state index in [0.717, 1.165) is 0 Å². The molecular weight excluding hydrogens is 230 g/mol. The number of ether oxygens (including phenoxy) is 1. The summed E-state index contributed by atoms with van der Waals surface area (Å²) < 4.78 is 5.25. The van der Waals surface area contributed by atoms with E-state index in [2.05, 4.69) is 6.58 Å². The molecule has 0 aromatic heterocycles. The molecule has 0 aliphatic heterocycles. The van der Waals surface area contributed by atoms with Crippen molar-refractivity contribution in [3.8, 4) is 0 Å². The number of nitrogens with zero attached hydrogens (tertiary/aromatic N) is 1. The maximum Gasteiger partial charge on any atom is 0.414 e. The summed E-state index contributed by atoms with van der Waals surface area (Å²) in [6.07, 6.45) is -0.418. The van der Waals surface area contributed by atoms with Crippen molar-refractivity contribution in [2.75, 3.05) is 11.9 Å². The summed E-state index contributed by atoms with van der Waals surface area (Å²) in [4.78, 5) is 13.2. The molecule has 98 valence electrons. The average molecular weight is 249 g/mol. The summed E-state index contributed by atoms with van der Waals surface area (Å²) in [5.41, 5.74) is 0.788. The number of carbonyl (C=O) groups is 1. The Morgan fingerprint density at radius 1 is 1.28 bits per heavy atom. The molecule has 1 rings (SSSR count). The third-order valence-electron chi connectivity index (χ3n) is 2.26. The van der Waals surface area contributed by atoms with Crippen molar-refractivity contribution < 1.29 is 14.6 Å². The molecule has 1 N–H and O–H groups in total. The third-order valence-corrected chi connectivity index (χ3v) is 2.26. The van der Waals surface area contributed by atoms with Crippen molar-refractivity contribution in [1.29, 1.82) is 0 Å². The van der Waals surface area contributed by atoms with Gasteiger partial charge in [0.25, 0.3) is 0 Å². The van der Waals surface area contributed by atoms with Crippen LogP contribution in [0.5, 0.6) is 0 Å². The van der Waals surface area contributed by atoms with Crippen LogP contribution in [0.3, 0.4) is 0 Å². The first kappa shape index (κ1) is 14.1. The van der Waals surface area contributed by atoms with Gasteiger partial charge in [-0.2, -0.15) is 0 Å². The Bertz CT molecular complexity index is 443. The fraction of sp³-hybridized carbons (Fsp3) is 0.357. The lowest BCUT2D eigenvalue weighted by molar-refractivity contribution is 0.0589. The van der Waals surface area contributed by atoms with Crippen LogP contribution >= 0.6 is 0 Å². The molecule has 0 aliphatic rings. The SMILES string of the molecule is C=C(O)c1ccc(N(C)C(=O)OC(C)(C)C)cc1. The van der Waals surface area contributed by atoms with Crippen LogP contribution in [0, 0.1) is 0 Å². The molecule has 0 saturated carbocycles. The van der Waals surface area contributed by atoms with E-state index in [9.17, 15) is 9.90 Å². The summed E-state index contributed by atoms with van der Waals surface area (Å²) in [6, 6.07) is 6.83. The van der Waals surface area contributed by atoms with Crippen molar-refractivity contribution in [2.45, 2.75) is 26.4 Å². The molecule has 1 aromatic carbocycles. The molecule has 0 unspecified atom stereocenters. The molecule has 0 atom stereocenters. The quantitative estimate of drug-likeness (QED) is 0.815. The van der Waals surface area contributed by atoms with E-state index in [0.29, 0.717) is 11.3 Å². The molecule has 0 fully saturated rings. The molecule has 0 aliphatic carbocycles. The van der Waals surface area contributed by atoms with Gasteiger partial charge in [-0.15, -0.1) is 0 Å². The van der Waals surface area contributed by atoms with Gasteiger partial charge in [-0.3, -0.25) is 4.90 Å². The molecule has 0 heterocycles. The molecule has 4 heteroatoms. The van der Waals surface area contributed by atoms with Crippen LogP contribution < -0.4 is 4.90 Å². The number of carbonyl (C=O) groups excluding carboxylic acids is 1. The normalized spacial score (nSPS) is 10.9. The van der Waals surface area contributed by atoms with Gasteiger partial charge in [-0.25, -0.2) is 4.79 Å². The first-order valence-electron chi connectivity index (χ1n) is 5.66. The van der Waals surface area contributed by atoms with E-state index in [1.54, 1.807) is 31.3 Å². The van der Waals surface area contributed by atoms with Crippen LogP contribution in [0.4, 0.5) is 10.5 Å². The topological polar surface area (TPSA) is 49.8 Å². The summed E-state index contributed by atoms with van der Waals surface area (Å²) in [6.45, 7) is 8.88. The van der Waals surface area contributed by atoms with E-state index in [-0.39, 0.29) is 5.76 Å². The Balaban J connectivity index is 2.81. The smallest absolute Gasteiger partial charge is 0.414 e. The van der Waals surface area contributed by atoms with Crippen LogP contribution in [0.15, 0.2) is 30.8 Å². The molecule has 1 aromatic rings. The summed E-state index contributed by atoms with van der Waals surface area (Å²) in [5.74, 6) is 0.00136. The first-order valence-corrected chi connectivity index (χ1v) is 5.66. The number of hydrogen-bond acceptors (Lipinski definition) is 3. The Morgan fingerprint density at radius 2 is 1.78 bits per heavy atom. The molecule has 1 amide bonds. The number of hydrogen-bond donors (Lipinski definition) is 1. The number of aliphatic hydroxyl groups is 1. The third kappa shape index (κ3) is 3.80. The molecule has 0 saturated heterocycles. The monoisotopic (exact) mass is 249 g/mol. The number of anilines is 1. The van der Waals surface area contributed by atoms with Gasteiger partial charge < -0.3 is 9.84 Å². The predicted molar refractivity (Wildman–Crippen MR) is 72.7 cm³/mol. The van der Waals surface area contributed by atoms with Gasteiger partial charge in [0, 0.05) is 18.3 Å². The lowest BCUT2D eigenvalue weighted by Crippen LogP contribution is -2.34. The summed E-state index contributed by atoms with van der Waals surface area (Å²) in [7, 11) is 1.64. The number of benzene rings is 1. The molecule has 4 nitrogen and oxygen atoms in total. The highest BCUT2D eigenvalue weighted by atomic mass is 16.6. The highest BCUT2D eigenvalue weighted by Crippen LogP contribution is 2.19. The summed E-state index contributed by atoms with van der Waals surface area (Å²) in [5, 5.41) is 9.22. The van der Waals surface area contributed by atoms with E-state index in [1.165, 1.54) is 4.90 Å². The van der Waals surface area contributed by atoms with Gasteiger partial charge in [0.05, 0.1) is 0 Å². The Morgan fingerprint density at radius 3 is 2.17 bits per heavy atom. The van der Waals surface area contributed by atoms with Crippen molar-refractivity contribution in [2.24, 2.45) is 0 Å². The minimum Gasteiger partial charge on any atom is -0.508 e. The van der Waals surface area contributed by atoms with Crippen molar-refractivity contribution >= 4 is 17.5 Å². The number of aliphatic hydroxyl groups excluding tert-OH is 1. The minimum absolute atomic E-state index is 0.00136. The molecule has 0 bridgehead atoms. The molecule has 0 spiro atoms. The second-order valence-electron chi connectivity index (χ2n) is 5.03. The molecular formula is C14H19NO3. The second kappa shape index (κ2) is 5.12. The Kier molecular flexibility index (Phi) is 4.01. The van der Waals surface area contributed by atoms with Gasteiger partial charge >= 0.3 is 6.09 Å². The Labute approximate surface area is 107 Å². The zero-order valence-electron chi connectivity index (χ0n) is 11.2. The fourth-order valence-corrected chi connectivity index (χ4v) is 1.31. The van der Waals surface area contributed by atoms with Crippen molar-refractivity contribution in [3.05, 3.63) is 36.4 Å². The lowest BCUT2D eigenvalue weighted by atomic mass is 10.2. The van der Waals surface area contributed by atoms with Crippen LogP contribution in [-0.4, -0.2) is 23.8 Å². The predicted octanol–water partition coefficient (Wildman–Crippen LogP) is 3.59. The van der Waals surface area contributed by atoms with Crippen LogP contribution in [-0.2, 0) is 4.74 Å². The fourth-order valence-electron chi connectivity index (χ4n) is 1.31.